The van der Waals surface area contributed by atoms with Crippen molar-refractivity contribution < 1.29 is 19.4 Å². The van der Waals surface area contributed by atoms with Crippen molar-refractivity contribution in [2.75, 3.05) is 32.0 Å². The molecule has 1 amide bonds. The van der Waals surface area contributed by atoms with E-state index in [2.05, 4.69) is 13.8 Å². The second-order valence-corrected chi connectivity index (χ2v) is 7.62. The van der Waals surface area contributed by atoms with Crippen molar-refractivity contribution in [3.8, 4) is 5.75 Å². The Hall–Kier alpha value is -1.46. The Labute approximate surface area is 171 Å². The van der Waals surface area contributed by atoms with Crippen LogP contribution in [0.4, 0.5) is 0 Å². The number of amides is 1. The molecule has 0 saturated carbocycles. The summed E-state index contributed by atoms with van der Waals surface area (Å²) < 4.78 is 5.47. The van der Waals surface area contributed by atoms with Crippen molar-refractivity contribution in [1.82, 2.24) is 4.90 Å². The minimum Gasteiger partial charge on any atom is -0.496 e. The third-order valence-corrected chi connectivity index (χ3v) is 4.92. The molecule has 0 aliphatic heterocycles. The number of carbonyl (C=O) groups is 2. The Kier molecular flexibility index (Phi) is 9.95. The van der Waals surface area contributed by atoms with Gasteiger partial charge < -0.3 is 14.7 Å². The minimum absolute atomic E-state index is 0.102. The molecule has 7 heteroatoms. The first-order valence-corrected chi connectivity index (χ1v) is 10.1. The standard InChI is InChI=1S/C20H29Cl2NO4/c1-13(2)16-12-17(14(3)9-18(16)27-4)15(11-20(25)26)10-19(24)23(7-5-21)8-6-22/h9,12-13,15H,5-8,10-11H2,1-4H3,(H,25,26). The van der Waals surface area contributed by atoms with Crippen molar-refractivity contribution in [1.29, 1.82) is 0 Å². The Bertz CT molecular complexity index is 643. The second-order valence-electron chi connectivity index (χ2n) is 6.86. The number of nitrogens with zero attached hydrogens (tertiary/aromatic N) is 1. The summed E-state index contributed by atoms with van der Waals surface area (Å²) in [5.41, 5.74) is 2.78. The maximum atomic E-state index is 12.7. The molecule has 0 spiro atoms. The van der Waals surface area contributed by atoms with Crippen LogP contribution in [-0.4, -0.2) is 53.8 Å². The van der Waals surface area contributed by atoms with Gasteiger partial charge >= 0.3 is 5.97 Å². The fraction of sp³-hybridized carbons (Fsp3) is 0.600. The van der Waals surface area contributed by atoms with Crippen LogP contribution in [0.25, 0.3) is 0 Å². The summed E-state index contributed by atoms with van der Waals surface area (Å²) in [6, 6.07) is 3.90. The lowest BCUT2D eigenvalue weighted by atomic mass is 9.85. The molecule has 1 rings (SSSR count). The second kappa shape index (κ2) is 11.4. The summed E-state index contributed by atoms with van der Waals surface area (Å²) in [5, 5.41) is 9.38. The Morgan fingerprint density at radius 2 is 1.70 bits per heavy atom. The van der Waals surface area contributed by atoms with E-state index < -0.39 is 11.9 Å². The van der Waals surface area contributed by atoms with Gasteiger partial charge in [0.15, 0.2) is 0 Å². The number of carboxylic acids is 1. The van der Waals surface area contributed by atoms with E-state index >= 15 is 0 Å². The van der Waals surface area contributed by atoms with Gasteiger partial charge in [0.1, 0.15) is 5.75 Å². The summed E-state index contributed by atoms with van der Waals surface area (Å²) in [5.74, 6) is 0.115. The third-order valence-electron chi connectivity index (χ3n) is 4.58. The molecule has 27 heavy (non-hydrogen) atoms. The van der Waals surface area contributed by atoms with E-state index in [1.54, 1.807) is 12.0 Å². The molecular weight excluding hydrogens is 389 g/mol. The fourth-order valence-electron chi connectivity index (χ4n) is 3.19. The molecule has 0 heterocycles. The van der Waals surface area contributed by atoms with E-state index in [0.29, 0.717) is 24.8 Å². The molecule has 0 aliphatic carbocycles. The lowest BCUT2D eigenvalue weighted by molar-refractivity contribution is -0.137. The van der Waals surface area contributed by atoms with Crippen LogP contribution in [0.5, 0.6) is 5.75 Å². The van der Waals surface area contributed by atoms with Crippen molar-refractivity contribution >= 4 is 35.1 Å². The number of methoxy groups -OCH3 is 1. The van der Waals surface area contributed by atoms with Gasteiger partial charge in [-0.3, -0.25) is 9.59 Å². The number of carbonyl (C=O) groups excluding carboxylic acids is 1. The van der Waals surface area contributed by atoms with Crippen LogP contribution < -0.4 is 4.74 Å². The molecule has 0 aromatic heterocycles. The van der Waals surface area contributed by atoms with Crippen LogP contribution in [0.3, 0.4) is 0 Å². The van der Waals surface area contributed by atoms with E-state index in [4.69, 9.17) is 27.9 Å². The highest BCUT2D eigenvalue weighted by Gasteiger charge is 2.25. The predicted octanol–water partition coefficient (Wildman–Crippen LogP) is 4.38. The largest absolute Gasteiger partial charge is 0.496 e. The van der Waals surface area contributed by atoms with Gasteiger partial charge in [0.25, 0.3) is 0 Å². The Morgan fingerprint density at radius 3 is 2.15 bits per heavy atom. The predicted molar refractivity (Wildman–Crippen MR) is 109 cm³/mol. The highest BCUT2D eigenvalue weighted by Crippen LogP contribution is 2.35. The highest BCUT2D eigenvalue weighted by molar-refractivity contribution is 6.18. The number of hydrogen-bond acceptors (Lipinski definition) is 3. The summed E-state index contributed by atoms with van der Waals surface area (Å²) in [7, 11) is 1.62. The molecule has 1 atom stereocenters. The topological polar surface area (TPSA) is 66.8 Å². The molecule has 0 radical (unpaired) electrons. The Morgan fingerprint density at radius 1 is 1.11 bits per heavy atom. The third kappa shape index (κ3) is 6.89. The zero-order chi connectivity index (χ0) is 20.6. The van der Waals surface area contributed by atoms with Gasteiger partial charge in [-0.25, -0.2) is 0 Å². The number of benzene rings is 1. The molecule has 0 fully saturated rings. The number of alkyl halides is 2. The number of aliphatic carboxylic acids is 1. The molecule has 5 nitrogen and oxygen atoms in total. The molecular formula is C20H29Cl2NO4. The summed E-state index contributed by atoms with van der Waals surface area (Å²) in [4.78, 5) is 25.8. The van der Waals surface area contributed by atoms with Crippen LogP contribution in [0, 0.1) is 6.92 Å². The minimum atomic E-state index is -0.935. The zero-order valence-corrected chi connectivity index (χ0v) is 17.9. The molecule has 1 unspecified atom stereocenters. The van der Waals surface area contributed by atoms with E-state index in [1.807, 2.05) is 19.1 Å². The number of aryl methyl sites for hydroxylation is 1. The van der Waals surface area contributed by atoms with Crippen LogP contribution in [0.15, 0.2) is 12.1 Å². The highest BCUT2D eigenvalue weighted by atomic mass is 35.5. The molecule has 152 valence electrons. The lowest BCUT2D eigenvalue weighted by Crippen LogP contribution is -2.35. The zero-order valence-electron chi connectivity index (χ0n) is 16.4. The SMILES string of the molecule is COc1cc(C)c(C(CC(=O)O)CC(=O)N(CCCl)CCCl)cc1C(C)C. The summed E-state index contributed by atoms with van der Waals surface area (Å²) in [6.07, 6.45) is -0.0170. The van der Waals surface area contributed by atoms with Gasteiger partial charge in [0, 0.05) is 37.2 Å². The maximum Gasteiger partial charge on any atom is 0.303 e. The molecule has 0 aliphatic rings. The normalized spacial score (nSPS) is 12.1. The van der Waals surface area contributed by atoms with Crippen LogP contribution in [-0.2, 0) is 9.59 Å². The first-order valence-electron chi connectivity index (χ1n) is 9.05. The van der Waals surface area contributed by atoms with Crippen molar-refractivity contribution in [3.05, 3.63) is 28.8 Å². The molecule has 0 bridgehead atoms. The van der Waals surface area contributed by atoms with E-state index in [1.165, 1.54) is 0 Å². The molecule has 1 N–H and O–H groups in total. The van der Waals surface area contributed by atoms with Gasteiger partial charge in [-0.15, -0.1) is 23.2 Å². The fourth-order valence-corrected chi connectivity index (χ4v) is 3.60. The molecule has 1 aromatic carbocycles. The Balaban J connectivity index is 3.25. The van der Waals surface area contributed by atoms with E-state index in [0.717, 1.165) is 22.4 Å². The lowest BCUT2D eigenvalue weighted by Gasteiger charge is -2.25. The average Bonchev–Trinajstić information content (AvgIpc) is 2.59. The van der Waals surface area contributed by atoms with Crippen LogP contribution >= 0.6 is 23.2 Å². The van der Waals surface area contributed by atoms with Gasteiger partial charge in [-0.1, -0.05) is 19.9 Å². The molecule has 1 aromatic rings. The quantitative estimate of drug-likeness (QED) is 0.542. The summed E-state index contributed by atoms with van der Waals surface area (Å²) >= 11 is 11.6. The first kappa shape index (κ1) is 23.6. The number of rotatable bonds is 11. The van der Waals surface area contributed by atoms with Crippen LogP contribution in [0.1, 0.15) is 55.2 Å². The van der Waals surface area contributed by atoms with Crippen molar-refractivity contribution in [2.24, 2.45) is 0 Å². The van der Waals surface area contributed by atoms with E-state index in [-0.39, 0.29) is 24.7 Å². The van der Waals surface area contributed by atoms with Gasteiger partial charge in [-0.2, -0.15) is 0 Å². The molecule has 0 saturated heterocycles. The number of ether oxygens (including phenoxy) is 1. The number of hydrogen-bond donors (Lipinski definition) is 1. The van der Waals surface area contributed by atoms with Crippen LogP contribution in [0.2, 0.25) is 0 Å². The number of carboxylic acid groups (broad SMARTS) is 1. The van der Waals surface area contributed by atoms with Gasteiger partial charge in [0.05, 0.1) is 13.5 Å². The smallest absolute Gasteiger partial charge is 0.303 e. The van der Waals surface area contributed by atoms with Gasteiger partial charge in [0.2, 0.25) is 5.91 Å². The number of halogens is 2. The van der Waals surface area contributed by atoms with Crippen molar-refractivity contribution in [2.45, 2.75) is 45.4 Å². The average molecular weight is 418 g/mol. The van der Waals surface area contributed by atoms with Crippen molar-refractivity contribution in [3.63, 3.8) is 0 Å². The first-order chi connectivity index (χ1) is 12.7. The van der Waals surface area contributed by atoms with E-state index in [9.17, 15) is 14.7 Å². The monoisotopic (exact) mass is 417 g/mol. The maximum absolute atomic E-state index is 12.7. The summed E-state index contributed by atoms with van der Waals surface area (Å²) in [6.45, 7) is 6.81. The van der Waals surface area contributed by atoms with Gasteiger partial charge in [-0.05, 0) is 35.6 Å².